The van der Waals surface area contributed by atoms with Crippen molar-refractivity contribution in [2.45, 2.75) is 41.5 Å². The van der Waals surface area contributed by atoms with E-state index in [1.54, 1.807) is 0 Å². The first-order chi connectivity index (χ1) is 7.47. The summed E-state index contributed by atoms with van der Waals surface area (Å²) in [6.07, 6.45) is 1.45. The number of hydrogen-bond donors (Lipinski definition) is 0. The summed E-state index contributed by atoms with van der Waals surface area (Å²) in [5, 5.41) is 0. The van der Waals surface area contributed by atoms with E-state index in [1.807, 2.05) is 65.8 Å². The van der Waals surface area contributed by atoms with Crippen LogP contribution in [0, 0.1) is 0 Å². The van der Waals surface area contributed by atoms with Crippen LogP contribution in [-0.4, -0.2) is 4.98 Å². The molecule has 0 aliphatic heterocycles. The number of nitrogens with zero attached hydrogens (tertiary/aromatic N) is 1. The van der Waals surface area contributed by atoms with Crippen molar-refractivity contribution in [1.82, 2.24) is 4.98 Å². The first-order valence-electron chi connectivity index (χ1n) is 5.75. The summed E-state index contributed by atoms with van der Waals surface area (Å²) in [6, 6.07) is 7.67. The van der Waals surface area contributed by atoms with Crippen LogP contribution in [-0.2, 0) is 0 Å². The van der Waals surface area contributed by atoms with E-state index in [-0.39, 0.29) is 0 Å². The van der Waals surface area contributed by atoms with Crippen molar-refractivity contribution in [3.05, 3.63) is 30.7 Å². The first-order valence-corrected chi connectivity index (χ1v) is 5.75. The highest BCUT2D eigenvalue weighted by Gasteiger charge is 1.91. The van der Waals surface area contributed by atoms with Crippen molar-refractivity contribution in [2.24, 2.45) is 0 Å². The second-order valence-electron chi connectivity index (χ2n) is 1.82. The second-order valence-corrected chi connectivity index (χ2v) is 1.82. The molecule has 0 N–H and O–H groups in total. The van der Waals surface area contributed by atoms with Crippen LogP contribution in [0.15, 0.2) is 35.1 Å². The van der Waals surface area contributed by atoms with Crippen molar-refractivity contribution in [3.63, 3.8) is 0 Å². The Labute approximate surface area is 93.3 Å². The van der Waals surface area contributed by atoms with E-state index < -0.39 is 0 Å². The summed E-state index contributed by atoms with van der Waals surface area (Å²) in [4.78, 5) is 3.95. The number of hydrogen-bond acceptors (Lipinski definition) is 2. The highest BCUT2D eigenvalue weighted by molar-refractivity contribution is 5.71. The van der Waals surface area contributed by atoms with E-state index in [2.05, 4.69) is 4.98 Å². The molecular weight excluding hydrogens is 186 g/mol. The minimum atomic E-state index is 0.845. The van der Waals surface area contributed by atoms with Gasteiger partial charge < -0.3 is 4.42 Å². The van der Waals surface area contributed by atoms with Gasteiger partial charge in [-0.2, -0.15) is 0 Å². The zero-order valence-electron chi connectivity index (χ0n) is 10.7. The Morgan fingerprint density at radius 2 is 1.40 bits per heavy atom. The smallest absolute Gasteiger partial charge is 0.181 e. The third-order valence-electron chi connectivity index (χ3n) is 1.24. The van der Waals surface area contributed by atoms with Crippen LogP contribution in [0.4, 0.5) is 0 Å². The average Bonchev–Trinajstić information content (AvgIpc) is 2.85. The largest absolute Gasteiger partial charge is 0.443 e. The van der Waals surface area contributed by atoms with E-state index in [4.69, 9.17) is 4.42 Å². The lowest BCUT2D eigenvalue weighted by Crippen LogP contribution is -1.61. The maximum Gasteiger partial charge on any atom is 0.181 e. The Morgan fingerprint density at radius 1 is 0.867 bits per heavy atom. The van der Waals surface area contributed by atoms with Crippen LogP contribution in [0.5, 0.6) is 0 Å². The van der Waals surface area contributed by atoms with Crippen molar-refractivity contribution in [3.8, 4) is 0 Å². The van der Waals surface area contributed by atoms with E-state index in [0.29, 0.717) is 0 Å². The van der Waals surface area contributed by atoms with Gasteiger partial charge in [-0.25, -0.2) is 4.98 Å². The molecule has 0 amide bonds. The Kier molecular flexibility index (Phi) is 13.6. The topological polar surface area (TPSA) is 26.0 Å². The Balaban J connectivity index is 0. The van der Waals surface area contributed by atoms with Gasteiger partial charge in [0.2, 0.25) is 0 Å². The third-order valence-corrected chi connectivity index (χ3v) is 1.24. The quantitative estimate of drug-likeness (QED) is 0.616. The molecule has 86 valence electrons. The zero-order valence-corrected chi connectivity index (χ0v) is 10.7. The van der Waals surface area contributed by atoms with Crippen LogP contribution in [0.1, 0.15) is 41.5 Å². The third kappa shape index (κ3) is 5.89. The molecular formula is C13H23NO. The van der Waals surface area contributed by atoms with Crippen LogP contribution < -0.4 is 0 Å². The van der Waals surface area contributed by atoms with Crippen LogP contribution in [0.2, 0.25) is 0 Å². The molecule has 0 unspecified atom stereocenters. The lowest BCUT2D eigenvalue weighted by atomic mass is 10.3. The summed E-state index contributed by atoms with van der Waals surface area (Å²) in [7, 11) is 0. The van der Waals surface area contributed by atoms with Gasteiger partial charge in [-0.3, -0.25) is 0 Å². The lowest BCUT2D eigenvalue weighted by Gasteiger charge is -1.79. The fourth-order valence-electron chi connectivity index (χ4n) is 0.803. The molecule has 0 radical (unpaired) electrons. The maximum atomic E-state index is 5.01. The minimum Gasteiger partial charge on any atom is -0.443 e. The maximum absolute atomic E-state index is 5.01. The van der Waals surface area contributed by atoms with Crippen molar-refractivity contribution in [1.29, 1.82) is 0 Å². The molecule has 2 aromatic rings. The van der Waals surface area contributed by atoms with E-state index in [1.165, 1.54) is 6.39 Å². The molecule has 0 atom stereocenters. The Bertz CT molecular complexity index is 285. The second kappa shape index (κ2) is 12.7. The summed E-state index contributed by atoms with van der Waals surface area (Å²) >= 11 is 0. The fraction of sp³-hybridized carbons (Fsp3) is 0.462. The summed E-state index contributed by atoms with van der Waals surface area (Å²) in [6.45, 7) is 12.0. The van der Waals surface area contributed by atoms with Crippen molar-refractivity contribution >= 4 is 11.1 Å². The predicted molar refractivity (Wildman–Crippen MR) is 68.1 cm³/mol. The van der Waals surface area contributed by atoms with Crippen LogP contribution in [0.3, 0.4) is 0 Å². The van der Waals surface area contributed by atoms with Gasteiger partial charge >= 0.3 is 0 Å². The molecule has 15 heavy (non-hydrogen) atoms. The van der Waals surface area contributed by atoms with Gasteiger partial charge in [-0.05, 0) is 12.1 Å². The molecule has 2 heteroatoms. The van der Waals surface area contributed by atoms with E-state index in [0.717, 1.165) is 11.1 Å². The molecule has 0 aliphatic carbocycles. The average molecular weight is 209 g/mol. The molecule has 1 aromatic carbocycles. The van der Waals surface area contributed by atoms with E-state index >= 15 is 0 Å². The minimum absolute atomic E-state index is 0.845. The van der Waals surface area contributed by atoms with Gasteiger partial charge in [0.05, 0.1) is 0 Å². The molecule has 0 bridgehead atoms. The lowest BCUT2D eigenvalue weighted by molar-refractivity contribution is 0.602. The van der Waals surface area contributed by atoms with Crippen molar-refractivity contribution < 1.29 is 4.42 Å². The molecule has 0 fully saturated rings. The molecule has 0 saturated heterocycles. The first kappa shape index (κ1) is 16.1. The summed E-state index contributed by atoms with van der Waals surface area (Å²) in [5.41, 5.74) is 1.76. The molecule has 0 aliphatic rings. The summed E-state index contributed by atoms with van der Waals surface area (Å²) in [5.74, 6) is 0. The normalized spacial score (nSPS) is 7.33. The highest BCUT2D eigenvalue weighted by Crippen LogP contribution is 2.09. The molecule has 1 heterocycles. The van der Waals surface area contributed by atoms with Gasteiger partial charge in [0.25, 0.3) is 0 Å². The number of oxazole rings is 1. The number of rotatable bonds is 0. The number of para-hydroxylation sites is 2. The number of aromatic nitrogens is 1. The van der Waals surface area contributed by atoms with Gasteiger partial charge in [-0.15, -0.1) is 0 Å². The van der Waals surface area contributed by atoms with Gasteiger partial charge in [0, 0.05) is 0 Å². The molecule has 0 saturated carbocycles. The van der Waals surface area contributed by atoms with Gasteiger partial charge in [-0.1, -0.05) is 53.7 Å². The Hall–Kier alpha value is -1.31. The Morgan fingerprint density at radius 3 is 1.93 bits per heavy atom. The van der Waals surface area contributed by atoms with Gasteiger partial charge in [0.15, 0.2) is 12.0 Å². The molecule has 2 nitrogen and oxygen atoms in total. The number of fused-ring (bicyclic) bond motifs is 1. The van der Waals surface area contributed by atoms with Gasteiger partial charge in [0.1, 0.15) is 5.52 Å². The monoisotopic (exact) mass is 209 g/mol. The van der Waals surface area contributed by atoms with Crippen molar-refractivity contribution in [2.75, 3.05) is 0 Å². The SMILES string of the molecule is CC.CC.CC.c1ccc2ocnc2c1. The number of benzene rings is 1. The molecule has 1 aromatic heterocycles. The summed E-state index contributed by atoms with van der Waals surface area (Å²) < 4.78 is 5.01. The van der Waals surface area contributed by atoms with Crippen LogP contribution in [0.25, 0.3) is 11.1 Å². The molecule has 2 rings (SSSR count). The molecule has 0 spiro atoms. The standard InChI is InChI=1S/C7H5NO.3C2H6/c1-2-4-7-6(3-1)8-5-9-7;3*1-2/h1-5H;3*1-2H3. The predicted octanol–water partition coefficient (Wildman–Crippen LogP) is 4.91. The van der Waals surface area contributed by atoms with E-state index in [9.17, 15) is 0 Å². The fourth-order valence-corrected chi connectivity index (χ4v) is 0.803. The zero-order chi connectivity index (χ0) is 12.1. The van der Waals surface area contributed by atoms with Crippen LogP contribution >= 0.6 is 0 Å². The highest BCUT2D eigenvalue weighted by atomic mass is 16.3.